The fourth-order valence-electron chi connectivity index (χ4n) is 2.81. The molecule has 3 aromatic rings. The molecule has 0 saturated heterocycles. The number of carbonyl (C=O) groups is 1. The van der Waals surface area contributed by atoms with Crippen molar-refractivity contribution in [1.29, 1.82) is 5.26 Å². The zero-order valence-electron chi connectivity index (χ0n) is 14.0. The third kappa shape index (κ3) is 3.59. The second kappa shape index (κ2) is 7.46. The van der Waals surface area contributed by atoms with E-state index in [4.69, 9.17) is 0 Å². The van der Waals surface area contributed by atoms with E-state index in [-0.39, 0.29) is 5.91 Å². The van der Waals surface area contributed by atoms with Gasteiger partial charge in [-0.15, -0.1) is 0 Å². The van der Waals surface area contributed by atoms with Crippen molar-refractivity contribution in [1.82, 2.24) is 5.32 Å². The molecule has 3 rings (SSSR count). The summed E-state index contributed by atoms with van der Waals surface area (Å²) in [7, 11) is 0. The number of carbonyl (C=O) groups excluding carboxylic acids is 1. The summed E-state index contributed by atoms with van der Waals surface area (Å²) in [4.78, 5) is 12.7. The first-order valence-electron chi connectivity index (χ1n) is 8.12. The highest BCUT2D eigenvalue weighted by molar-refractivity contribution is 6.01. The second-order valence-corrected chi connectivity index (χ2v) is 5.81. The van der Waals surface area contributed by atoms with E-state index in [0.29, 0.717) is 17.7 Å². The average Bonchev–Trinajstić information content (AvgIpc) is 2.67. The van der Waals surface area contributed by atoms with Crippen molar-refractivity contribution in [2.24, 2.45) is 0 Å². The molecule has 1 amide bonds. The molecule has 0 aliphatic carbocycles. The molecule has 0 bridgehead atoms. The molecule has 0 saturated carbocycles. The Morgan fingerprint density at radius 3 is 2.32 bits per heavy atom. The van der Waals surface area contributed by atoms with E-state index >= 15 is 0 Å². The Kier molecular flexibility index (Phi) is 4.92. The van der Waals surface area contributed by atoms with Crippen molar-refractivity contribution >= 4 is 5.91 Å². The SMILES string of the molecule is Cc1ccccc1CNC(=O)c1ccccc1-c1ccccc1C#N. The Bertz CT molecular complexity index is 954. The van der Waals surface area contributed by atoms with Crippen LogP contribution in [0.25, 0.3) is 11.1 Å². The second-order valence-electron chi connectivity index (χ2n) is 5.81. The number of nitrogens with one attached hydrogen (secondary N) is 1. The lowest BCUT2D eigenvalue weighted by atomic mass is 9.95. The quantitative estimate of drug-likeness (QED) is 0.769. The normalized spacial score (nSPS) is 10.1. The van der Waals surface area contributed by atoms with Gasteiger partial charge in [-0.2, -0.15) is 5.26 Å². The highest BCUT2D eigenvalue weighted by Crippen LogP contribution is 2.26. The van der Waals surface area contributed by atoms with Crippen molar-refractivity contribution in [2.45, 2.75) is 13.5 Å². The summed E-state index contributed by atoms with van der Waals surface area (Å²) in [6, 6.07) is 24.9. The minimum atomic E-state index is -0.147. The van der Waals surface area contributed by atoms with E-state index in [1.54, 1.807) is 12.1 Å². The third-order valence-corrected chi connectivity index (χ3v) is 4.21. The number of rotatable bonds is 4. The van der Waals surface area contributed by atoms with Crippen LogP contribution in [-0.2, 0) is 6.54 Å². The van der Waals surface area contributed by atoms with Gasteiger partial charge in [-0.25, -0.2) is 0 Å². The maximum atomic E-state index is 12.7. The number of amides is 1. The first-order valence-corrected chi connectivity index (χ1v) is 8.12. The fraction of sp³-hybridized carbons (Fsp3) is 0.0909. The maximum absolute atomic E-state index is 12.7. The molecule has 25 heavy (non-hydrogen) atoms. The summed E-state index contributed by atoms with van der Waals surface area (Å²) in [5.74, 6) is -0.147. The summed E-state index contributed by atoms with van der Waals surface area (Å²) < 4.78 is 0. The van der Waals surface area contributed by atoms with E-state index in [0.717, 1.165) is 22.3 Å². The highest BCUT2D eigenvalue weighted by atomic mass is 16.1. The van der Waals surface area contributed by atoms with Gasteiger partial charge in [0.1, 0.15) is 0 Å². The summed E-state index contributed by atoms with van der Waals surface area (Å²) in [5.41, 5.74) is 4.89. The summed E-state index contributed by atoms with van der Waals surface area (Å²) >= 11 is 0. The van der Waals surface area contributed by atoms with E-state index in [2.05, 4.69) is 11.4 Å². The number of benzene rings is 3. The molecule has 0 radical (unpaired) electrons. The molecule has 3 aromatic carbocycles. The molecular formula is C22H18N2O. The predicted molar refractivity (Wildman–Crippen MR) is 98.9 cm³/mol. The molecule has 0 aliphatic rings. The Morgan fingerprint density at radius 1 is 0.920 bits per heavy atom. The Morgan fingerprint density at radius 2 is 1.56 bits per heavy atom. The molecule has 3 nitrogen and oxygen atoms in total. The third-order valence-electron chi connectivity index (χ3n) is 4.21. The van der Waals surface area contributed by atoms with Crippen molar-refractivity contribution in [3.63, 3.8) is 0 Å². The van der Waals surface area contributed by atoms with Crippen LogP contribution in [-0.4, -0.2) is 5.91 Å². The summed E-state index contributed by atoms with van der Waals surface area (Å²) in [6.45, 7) is 2.50. The average molecular weight is 326 g/mol. The van der Waals surface area contributed by atoms with Gasteiger partial charge in [-0.3, -0.25) is 4.79 Å². The topological polar surface area (TPSA) is 52.9 Å². The molecule has 1 N–H and O–H groups in total. The van der Waals surface area contributed by atoms with E-state index < -0.39 is 0 Å². The van der Waals surface area contributed by atoms with Gasteiger partial charge >= 0.3 is 0 Å². The number of nitrogens with zero attached hydrogens (tertiary/aromatic N) is 1. The predicted octanol–water partition coefficient (Wildman–Crippen LogP) is 4.46. The molecule has 0 fully saturated rings. The zero-order chi connectivity index (χ0) is 17.6. The number of hydrogen-bond acceptors (Lipinski definition) is 2. The van der Waals surface area contributed by atoms with Gasteiger partial charge < -0.3 is 5.32 Å². The van der Waals surface area contributed by atoms with E-state index in [1.807, 2.05) is 67.6 Å². The lowest BCUT2D eigenvalue weighted by molar-refractivity contribution is 0.0951. The molecular weight excluding hydrogens is 308 g/mol. The van der Waals surface area contributed by atoms with Crippen molar-refractivity contribution in [3.8, 4) is 17.2 Å². The first kappa shape index (κ1) is 16.5. The van der Waals surface area contributed by atoms with Crippen molar-refractivity contribution in [3.05, 3.63) is 95.1 Å². The Labute approximate surface area is 147 Å². The highest BCUT2D eigenvalue weighted by Gasteiger charge is 2.14. The Hall–Kier alpha value is -3.38. The van der Waals surface area contributed by atoms with Crippen LogP contribution >= 0.6 is 0 Å². The lowest BCUT2D eigenvalue weighted by Gasteiger charge is -2.12. The van der Waals surface area contributed by atoms with Gasteiger partial charge in [0.25, 0.3) is 5.91 Å². The molecule has 0 aliphatic heterocycles. The largest absolute Gasteiger partial charge is 0.348 e. The standard InChI is InChI=1S/C22H18N2O/c1-16-8-2-3-10-18(16)15-24-22(25)21-13-7-6-12-20(21)19-11-5-4-9-17(19)14-23/h2-13H,15H2,1H3,(H,24,25). The number of nitriles is 1. The smallest absolute Gasteiger partial charge is 0.252 e. The molecule has 0 unspecified atom stereocenters. The zero-order valence-corrected chi connectivity index (χ0v) is 14.0. The molecule has 0 aromatic heterocycles. The monoisotopic (exact) mass is 326 g/mol. The molecule has 0 heterocycles. The Balaban J connectivity index is 1.90. The van der Waals surface area contributed by atoms with Crippen LogP contribution in [0, 0.1) is 18.3 Å². The van der Waals surface area contributed by atoms with Gasteiger partial charge in [-0.05, 0) is 35.7 Å². The van der Waals surface area contributed by atoms with E-state index in [1.165, 1.54) is 0 Å². The van der Waals surface area contributed by atoms with Gasteiger partial charge in [-0.1, -0.05) is 60.7 Å². The minimum Gasteiger partial charge on any atom is -0.348 e. The van der Waals surface area contributed by atoms with Crippen LogP contribution in [0.3, 0.4) is 0 Å². The van der Waals surface area contributed by atoms with Gasteiger partial charge in [0.2, 0.25) is 0 Å². The summed E-state index contributed by atoms with van der Waals surface area (Å²) in [6.07, 6.45) is 0. The fourth-order valence-corrected chi connectivity index (χ4v) is 2.81. The summed E-state index contributed by atoms with van der Waals surface area (Å²) in [5, 5.41) is 12.3. The molecule has 3 heteroatoms. The van der Waals surface area contributed by atoms with Gasteiger partial charge in [0.05, 0.1) is 11.6 Å². The van der Waals surface area contributed by atoms with Crippen LogP contribution in [0.5, 0.6) is 0 Å². The minimum absolute atomic E-state index is 0.147. The van der Waals surface area contributed by atoms with Crippen LogP contribution in [0.1, 0.15) is 27.0 Å². The van der Waals surface area contributed by atoms with Gasteiger partial charge in [0.15, 0.2) is 0 Å². The number of aryl methyl sites for hydroxylation is 1. The van der Waals surface area contributed by atoms with Crippen molar-refractivity contribution < 1.29 is 4.79 Å². The van der Waals surface area contributed by atoms with Crippen LogP contribution < -0.4 is 5.32 Å². The molecule has 122 valence electrons. The van der Waals surface area contributed by atoms with Crippen LogP contribution in [0.4, 0.5) is 0 Å². The van der Waals surface area contributed by atoms with Crippen molar-refractivity contribution in [2.75, 3.05) is 0 Å². The van der Waals surface area contributed by atoms with Crippen LogP contribution in [0.2, 0.25) is 0 Å². The lowest BCUT2D eigenvalue weighted by Crippen LogP contribution is -2.23. The van der Waals surface area contributed by atoms with Crippen LogP contribution in [0.15, 0.2) is 72.8 Å². The van der Waals surface area contributed by atoms with E-state index in [9.17, 15) is 10.1 Å². The van der Waals surface area contributed by atoms with Gasteiger partial charge in [0, 0.05) is 17.7 Å². The number of hydrogen-bond donors (Lipinski definition) is 1. The first-order chi connectivity index (χ1) is 12.2. The molecule has 0 spiro atoms. The molecule has 0 atom stereocenters. The maximum Gasteiger partial charge on any atom is 0.252 e.